The van der Waals surface area contributed by atoms with Crippen molar-refractivity contribution in [2.45, 2.75) is 32.2 Å². The van der Waals surface area contributed by atoms with Crippen LogP contribution in [-0.4, -0.2) is 38.7 Å². The van der Waals surface area contributed by atoms with Crippen LogP contribution in [0.4, 0.5) is 13.2 Å². The quantitative estimate of drug-likeness (QED) is 0.835. The fourth-order valence-corrected chi connectivity index (χ4v) is 2.12. The largest absolute Gasteiger partial charge is 0.508 e. The van der Waals surface area contributed by atoms with Gasteiger partial charge in [0, 0.05) is 23.3 Å². The second kappa shape index (κ2) is 4.73. The third kappa shape index (κ3) is 2.35. The number of aliphatic hydroxyl groups is 1. The summed E-state index contributed by atoms with van der Waals surface area (Å²) in [4.78, 5) is 12.3. The first-order valence-corrected chi connectivity index (χ1v) is 6.04. The predicted molar refractivity (Wildman–Crippen MR) is 67.7 cm³/mol. The number of halogens is 3. The first kappa shape index (κ1) is 15.3. The maximum atomic E-state index is 13.1. The average Bonchev–Trinajstić information content (AvgIpc) is 2.68. The highest BCUT2D eigenvalue weighted by Gasteiger charge is 2.62. The summed E-state index contributed by atoms with van der Waals surface area (Å²) in [5.41, 5.74) is -3.42. The van der Waals surface area contributed by atoms with Gasteiger partial charge in [-0.2, -0.15) is 23.3 Å². The zero-order chi connectivity index (χ0) is 16.0. The van der Waals surface area contributed by atoms with Gasteiger partial charge in [0.1, 0.15) is 5.75 Å². The molecule has 0 saturated carbocycles. The normalized spacial score (nSPS) is 22.4. The van der Waals surface area contributed by atoms with Crippen LogP contribution in [0.15, 0.2) is 23.3 Å². The zero-order valence-corrected chi connectivity index (χ0v) is 11.3. The molecule has 0 radical (unpaired) electrons. The van der Waals surface area contributed by atoms with E-state index in [-0.39, 0.29) is 27.6 Å². The van der Waals surface area contributed by atoms with Crippen LogP contribution < -0.4 is 0 Å². The maximum Gasteiger partial charge on any atom is 0.438 e. The van der Waals surface area contributed by atoms with Gasteiger partial charge in [-0.15, -0.1) is 0 Å². The number of aromatic hydroxyl groups is 1. The SMILES string of the molecule is CC1=NN(C(=O)c2cccc(O)c2C)[C@@](O)(C(F)(F)F)C1. The van der Waals surface area contributed by atoms with Crippen molar-refractivity contribution < 1.29 is 28.2 Å². The third-order valence-corrected chi connectivity index (χ3v) is 3.31. The second-order valence-corrected chi connectivity index (χ2v) is 4.89. The first-order chi connectivity index (χ1) is 9.58. The molecule has 0 aromatic heterocycles. The van der Waals surface area contributed by atoms with Crippen molar-refractivity contribution >= 4 is 11.6 Å². The van der Waals surface area contributed by atoms with E-state index in [9.17, 15) is 28.2 Å². The molecule has 0 spiro atoms. The number of phenolic OH excluding ortho intramolecular Hbond substituents is 1. The summed E-state index contributed by atoms with van der Waals surface area (Å²) < 4.78 is 39.2. The lowest BCUT2D eigenvalue weighted by Gasteiger charge is -2.32. The summed E-state index contributed by atoms with van der Waals surface area (Å²) in [5.74, 6) is -1.35. The number of benzene rings is 1. The molecule has 0 aliphatic carbocycles. The van der Waals surface area contributed by atoms with Crippen LogP contribution in [0.25, 0.3) is 0 Å². The molecule has 0 saturated heterocycles. The Morgan fingerprint density at radius 1 is 1.38 bits per heavy atom. The summed E-state index contributed by atoms with van der Waals surface area (Å²) in [6.07, 6.45) is -5.85. The highest BCUT2D eigenvalue weighted by atomic mass is 19.4. The molecule has 5 nitrogen and oxygen atoms in total. The van der Waals surface area contributed by atoms with Gasteiger partial charge >= 0.3 is 6.18 Å². The Kier molecular flexibility index (Phi) is 3.45. The van der Waals surface area contributed by atoms with Gasteiger partial charge in [-0.3, -0.25) is 4.79 Å². The highest BCUT2D eigenvalue weighted by Crippen LogP contribution is 2.41. The minimum Gasteiger partial charge on any atom is -0.508 e. The molecule has 2 N–H and O–H groups in total. The topological polar surface area (TPSA) is 73.1 Å². The van der Waals surface area contributed by atoms with Gasteiger partial charge in [-0.25, -0.2) is 0 Å². The molecule has 1 atom stereocenters. The Balaban J connectivity index is 2.49. The zero-order valence-electron chi connectivity index (χ0n) is 11.3. The van der Waals surface area contributed by atoms with Crippen molar-refractivity contribution in [1.29, 1.82) is 0 Å². The van der Waals surface area contributed by atoms with Gasteiger partial charge in [0.25, 0.3) is 11.6 Å². The van der Waals surface area contributed by atoms with E-state index < -0.39 is 24.2 Å². The van der Waals surface area contributed by atoms with Gasteiger partial charge in [0.15, 0.2) is 0 Å². The molecular formula is C13H13F3N2O3. The predicted octanol–water partition coefficient (Wildman–Crippen LogP) is 2.17. The van der Waals surface area contributed by atoms with Crippen molar-refractivity contribution in [2.75, 3.05) is 0 Å². The molecule has 1 heterocycles. The third-order valence-electron chi connectivity index (χ3n) is 3.31. The number of rotatable bonds is 1. The van der Waals surface area contributed by atoms with Crippen molar-refractivity contribution in [3.8, 4) is 5.75 Å². The number of hydrazone groups is 1. The van der Waals surface area contributed by atoms with E-state index in [0.717, 1.165) is 0 Å². The molecule has 2 rings (SSSR count). The van der Waals surface area contributed by atoms with Crippen LogP contribution in [-0.2, 0) is 0 Å². The van der Waals surface area contributed by atoms with Crippen molar-refractivity contribution in [3.05, 3.63) is 29.3 Å². The molecule has 1 aromatic carbocycles. The monoisotopic (exact) mass is 302 g/mol. The molecule has 21 heavy (non-hydrogen) atoms. The Morgan fingerprint density at radius 3 is 2.57 bits per heavy atom. The molecule has 0 bridgehead atoms. The molecule has 1 aliphatic rings. The summed E-state index contributed by atoms with van der Waals surface area (Å²) >= 11 is 0. The van der Waals surface area contributed by atoms with E-state index >= 15 is 0 Å². The molecule has 1 aliphatic heterocycles. The Labute approximate surface area is 118 Å². The van der Waals surface area contributed by atoms with Crippen LogP contribution in [0, 0.1) is 6.92 Å². The minimum absolute atomic E-state index is 0.0130. The fourth-order valence-electron chi connectivity index (χ4n) is 2.12. The van der Waals surface area contributed by atoms with Crippen molar-refractivity contribution in [3.63, 3.8) is 0 Å². The summed E-state index contributed by atoms with van der Waals surface area (Å²) in [6, 6.07) is 3.90. The average molecular weight is 302 g/mol. The molecule has 0 unspecified atom stereocenters. The van der Waals surface area contributed by atoms with Gasteiger partial charge < -0.3 is 10.2 Å². The van der Waals surface area contributed by atoms with Crippen LogP contribution in [0.5, 0.6) is 5.75 Å². The lowest BCUT2D eigenvalue weighted by Crippen LogP contribution is -2.56. The maximum absolute atomic E-state index is 13.1. The number of nitrogens with zero attached hydrogens (tertiary/aromatic N) is 2. The lowest BCUT2D eigenvalue weighted by molar-refractivity contribution is -0.297. The minimum atomic E-state index is -5.05. The molecule has 114 valence electrons. The standard InChI is InChI=1S/C13H13F3N2O3/c1-7-6-12(21,13(14,15)16)18(17-7)11(20)9-4-3-5-10(19)8(9)2/h3-5,19,21H,6H2,1-2H3/t12-/m0/s1. The van der Waals surface area contributed by atoms with Gasteiger partial charge in [-0.05, 0) is 26.0 Å². The lowest BCUT2D eigenvalue weighted by atomic mass is 10.0. The smallest absolute Gasteiger partial charge is 0.438 e. The van der Waals surface area contributed by atoms with E-state index in [4.69, 9.17) is 0 Å². The Bertz CT molecular complexity index is 628. The summed E-state index contributed by atoms with van der Waals surface area (Å²) in [5, 5.41) is 22.9. The van der Waals surface area contributed by atoms with Gasteiger partial charge in [-0.1, -0.05) is 6.07 Å². The fraction of sp³-hybridized carbons (Fsp3) is 0.385. The van der Waals surface area contributed by atoms with Gasteiger partial charge in [0.2, 0.25) is 0 Å². The number of amides is 1. The van der Waals surface area contributed by atoms with Crippen molar-refractivity contribution in [2.24, 2.45) is 5.10 Å². The molecule has 1 aromatic rings. The Hall–Kier alpha value is -2.09. The van der Waals surface area contributed by atoms with E-state index in [2.05, 4.69) is 5.10 Å². The molecular weight excluding hydrogens is 289 g/mol. The van der Waals surface area contributed by atoms with Crippen LogP contribution >= 0.6 is 0 Å². The molecule has 0 fully saturated rings. The number of alkyl halides is 3. The van der Waals surface area contributed by atoms with Crippen LogP contribution in [0.1, 0.15) is 29.3 Å². The first-order valence-electron chi connectivity index (χ1n) is 6.04. The van der Waals surface area contributed by atoms with Crippen LogP contribution in [0.2, 0.25) is 0 Å². The van der Waals surface area contributed by atoms with Gasteiger partial charge in [0.05, 0.1) is 0 Å². The van der Waals surface area contributed by atoms with E-state index in [1.165, 1.54) is 32.0 Å². The van der Waals surface area contributed by atoms with E-state index in [0.29, 0.717) is 0 Å². The number of phenols is 1. The summed E-state index contributed by atoms with van der Waals surface area (Å²) in [7, 11) is 0. The second-order valence-electron chi connectivity index (χ2n) is 4.89. The molecule has 8 heteroatoms. The number of carbonyl (C=O) groups is 1. The summed E-state index contributed by atoms with van der Waals surface area (Å²) in [6.45, 7) is 2.68. The van der Waals surface area contributed by atoms with E-state index in [1.54, 1.807) is 0 Å². The molecule has 1 amide bonds. The van der Waals surface area contributed by atoms with Crippen molar-refractivity contribution in [1.82, 2.24) is 5.01 Å². The number of hydrogen-bond donors (Lipinski definition) is 2. The number of carbonyl (C=O) groups excluding carboxylic acids is 1. The Morgan fingerprint density at radius 2 is 2.00 bits per heavy atom. The number of hydrogen-bond acceptors (Lipinski definition) is 4. The van der Waals surface area contributed by atoms with Crippen LogP contribution in [0.3, 0.4) is 0 Å². The highest BCUT2D eigenvalue weighted by molar-refractivity contribution is 5.99. The van der Waals surface area contributed by atoms with E-state index in [1.807, 2.05) is 0 Å².